The number of nitrogens with one attached hydrogen (secondary N) is 1. The number of halogens is 1. The third kappa shape index (κ3) is 4.08. The molecule has 2 N–H and O–H groups in total. The Labute approximate surface area is 119 Å². The molecule has 1 aromatic rings. The molecule has 1 unspecified atom stereocenters. The van der Waals surface area contributed by atoms with Gasteiger partial charge >= 0.3 is 0 Å². The van der Waals surface area contributed by atoms with Crippen molar-refractivity contribution >= 4 is 15.9 Å². The molecule has 0 aliphatic rings. The molecule has 0 aromatic heterocycles. The average molecular weight is 314 g/mol. The molecule has 0 radical (unpaired) electrons. The average Bonchev–Trinajstić information content (AvgIpc) is 2.41. The van der Waals surface area contributed by atoms with Gasteiger partial charge in [0.25, 0.3) is 0 Å². The predicted octanol–water partition coefficient (Wildman–Crippen LogP) is 3.90. The summed E-state index contributed by atoms with van der Waals surface area (Å²) in [5.41, 5.74) is 1.29. The van der Waals surface area contributed by atoms with Crippen LogP contribution in [0.15, 0.2) is 28.7 Å². The molecule has 0 amide bonds. The van der Waals surface area contributed by atoms with E-state index in [1.807, 2.05) is 0 Å². The van der Waals surface area contributed by atoms with Gasteiger partial charge in [-0.15, -0.1) is 0 Å². The summed E-state index contributed by atoms with van der Waals surface area (Å²) in [7, 11) is 0. The Morgan fingerprint density at radius 2 is 1.78 bits per heavy atom. The predicted molar refractivity (Wildman–Crippen MR) is 80.7 cm³/mol. The second kappa shape index (κ2) is 7.27. The van der Waals surface area contributed by atoms with E-state index in [9.17, 15) is 5.11 Å². The second-order valence-corrected chi connectivity index (χ2v) is 5.94. The minimum atomic E-state index is 0.0175. The fourth-order valence-corrected chi connectivity index (χ4v) is 2.28. The Balaban J connectivity index is 2.59. The van der Waals surface area contributed by atoms with Gasteiger partial charge in [-0.25, -0.2) is 0 Å². The van der Waals surface area contributed by atoms with Crippen molar-refractivity contribution in [2.24, 2.45) is 5.41 Å². The van der Waals surface area contributed by atoms with Crippen molar-refractivity contribution in [3.05, 3.63) is 34.3 Å². The first kappa shape index (κ1) is 15.7. The van der Waals surface area contributed by atoms with Crippen LogP contribution in [0.2, 0.25) is 0 Å². The zero-order chi connectivity index (χ0) is 13.6. The van der Waals surface area contributed by atoms with Gasteiger partial charge in [0.2, 0.25) is 0 Å². The summed E-state index contributed by atoms with van der Waals surface area (Å²) >= 11 is 3.45. The summed E-state index contributed by atoms with van der Waals surface area (Å²) in [4.78, 5) is 0. The highest BCUT2D eigenvalue weighted by atomic mass is 79.9. The van der Waals surface area contributed by atoms with Crippen LogP contribution in [0.5, 0.6) is 0 Å². The number of benzene rings is 1. The summed E-state index contributed by atoms with van der Waals surface area (Å²) < 4.78 is 1.10. The molecule has 0 bridgehead atoms. The van der Waals surface area contributed by atoms with Crippen molar-refractivity contribution in [2.75, 3.05) is 13.2 Å². The van der Waals surface area contributed by atoms with E-state index in [0.717, 1.165) is 23.9 Å². The standard InChI is InChI=1S/C15H24BrNO/c1-4-15(5-2,11-18)10-17-12(3)13-6-8-14(16)9-7-13/h6-9,12,17-18H,4-5,10-11H2,1-3H3. The Bertz CT molecular complexity index is 338. The van der Waals surface area contributed by atoms with Crippen molar-refractivity contribution in [1.29, 1.82) is 0 Å². The van der Waals surface area contributed by atoms with E-state index in [1.54, 1.807) is 0 Å². The first-order valence-electron chi connectivity index (χ1n) is 6.66. The van der Waals surface area contributed by atoms with Crippen molar-refractivity contribution in [3.63, 3.8) is 0 Å². The van der Waals surface area contributed by atoms with Crippen LogP contribution in [0.1, 0.15) is 45.2 Å². The lowest BCUT2D eigenvalue weighted by Crippen LogP contribution is -2.37. The molecule has 3 heteroatoms. The number of hydrogen-bond acceptors (Lipinski definition) is 2. The Hall–Kier alpha value is -0.380. The highest BCUT2D eigenvalue weighted by Crippen LogP contribution is 2.26. The molecular formula is C15H24BrNO. The van der Waals surface area contributed by atoms with Crippen LogP contribution >= 0.6 is 15.9 Å². The Morgan fingerprint density at radius 1 is 1.22 bits per heavy atom. The smallest absolute Gasteiger partial charge is 0.0499 e. The fraction of sp³-hybridized carbons (Fsp3) is 0.600. The van der Waals surface area contributed by atoms with E-state index in [4.69, 9.17) is 0 Å². The van der Waals surface area contributed by atoms with Crippen molar-refractivity contribution < 1.29 is 5.11 Å². The number of rotatable bonds is 7. The van der Waals surface area contributed by atoms with Gasteiger partial charge in [-0.2, -0.15) is 0 Å². The van der Waals surface area contributed by atoms with Gasteiger partial charge in [0.1, 0.15) is 0 Å². The van der Waals surface area contributed by atoms with Crippen LogP contribution in [0, 0.1) is 5.41 Å². The van der Waals surface area contributed by atoms with Gasteiger partial charge in [-0.3, -0.25) is 0 Å². The lowest BCUT2D eigenvalue weighted by atomic mass is 9.83. The highest BCUT2D eigenvalue weighted by molar-refractivity contribution is 9.10. The van der Waals surface area contributed by atoms with Crippen LogP contribution < -0.4 is 5.32 Å². The number of hydrogen-bond donors (Lipinski definition) is 2. The SMILES string of the molecule is CCC(CC)(CO)CNC(C)c1ccc(Br)cc1. The summed E-state index contributed by atoms with van der Waals surface area (Å²) in [6, 6.07) is 8.68. The lowest BCUT2D eigenvalue weighted by molar-refractivity contribution is 0.110. The van der Waals surface area contributed by atoms with Crippen molar-refractivity contribution in [1.82, 2.24) is 5.32 Å². The zero-order valence-electron chi connectivity index (χ0n) is 11.5. The molecule has 0 fully saturated rings. The third-order valence-electron chi connectivity index (χ3n) is 3.99. The van der Waals surface area contributed by atoms with Gasteiger partial charge in [0, 0.05) is 29.1 Å². The van der Waals surface area contributed by atoms with Crippen LogP contribution in [0.25, 0.3) is 0 Å². The van der Waals surface area contributed by atoms with Gasteiger partial charge < -0.3 is 10.4 Å². The van der Waals surface area contributed by atoms with Gasteiger partial charge in [-0.05, 0) is 37.5 Å². The van der Waals surface area contributed by atoms with E-state index in [2.05, 4.69) is 66.3 Å². The minimum Gasteiger partial charge on any atom is -0.396 e. The molecule has 1 atom stereocenters. The van der Waals surface area contributed by atoms with Gasteiger partial charge in [0.15, 0.2) is 0 Å². The van der Waals surface area contributed by atoms with E-state index < -0.39 is 0 Å². The summed E-state index contributed by atoms with van der Waals surface area (Å²) in [5, 5.41) is 13.1. The second-order valence-electron chi connectivity index (χ2n) is 5.02. The molecule has 0 aliphatic carbocycles. The molecule has 0 saturated heterocycles. The highest BCUT2D eigenvalue weighted by Gasteiger charge is 2.25. The molecule has 0 aliphatic heterocycles. The van der Waals surface area contributed by atoms with Crippen molar-refractivity contribution in [3.8, 4) is 0 Å². The third-order valence-corrected chi connectivity index (χ3v) is 4.52. The first-order chi connectivity index (χ1) is 8.56. The zero-order valence-corrected chi connectivity index (χ0v) is 13.1. The molecule has 0 spiro atoms. The summed E-state index contributed by atoms with van der Waals surface area (Å²) in [6.45, 7) is 7.56. The first-order valence-corrected chi connectivity index (χ1v) is 7.46. The quantitative estimate of drug-likeness (QED) is 0.800. The van der Waals surface area contributed by atoms with Gasteiger partial charge in [0.05, 0.1) is 0 Å². The molecule has 0 saturated carbocycles. The largest absolute Gasteiger partial charge is 0.396 e. The van der Waals surface area contributed by atoms with Crippen LogP contribution in [-0.2, 0) is 0 Å². The van der Waals surface area contributed by atoms with Crippen molar-refractivity contribution in [2.45, 2.75) is 39.7 Å². The topological polar surface area (TPSA) is 32.3 Å². The van der Waals surface area contributed by atoms with E-state index in [1.165, 1.54) is 5.56 Å². The summed E-state index contributed by atoms with van der Waals surface area (Å²) in [5.74, 6) is 0. The maximum absolute atomic E-state index is 9.55. The minimum absolute atomic E-state index is 0.0175. The molecular weight excluding hydrogens is 290 g/mol. The molecule has 18 heavy (non-hydrogen) atoms. The van der Waals surface area contributed by atoms with E-state index in [-0.39, 0.29) is 12.0 Å². The Morgan fingerprint density at radius 3 is 2.22 bits per heavy atom. The molecule has 2 nitrogen and oxygen atoms in total. The fourth-order valence-electron chi connectivity index (χ4n) is 2.02. The van der Waals surface area contributed by atoms with Gasteiger partial charge in [-0.1, -0.05) is 41.9 Å². The normalized spacial score (nSPS) is 13.6. The van der Waals surface area contributed by atoms with E-state index in [0.29, 0.717) is 6.04 Å². The molecule has 0 heterocycles. The Kier molecular flexibility index (Phi) is 6.33. The van der Waals surface area contributed by atoms with E-state index >= 15 is 0 Å². The molecule has 1 aromatic carbocycles. The summed E-state index contributed by atoms with van der Waals surface area (Å²) in [6.07, 6.45) is 2.00. The molecule has 102 valence electrons. The monoisotopic (exact) mass is 313 g/mol. The maximum Gasteiger partial charge on any atom is 0.0499 e. The maximum atomic E-state index is 9.55. The number of aliphatic hydroxyl groups is 1. The molecule has 1 rings (SSSR count). The van der Waals surface area contributed by atoms with Crippen LogP contribution in [-0.4, -0.2) is 18.3 Å². The number of aliphatic hydroxyl groups excluding tert-OH is 1. The lowest BCUT2D eigenvalue weighted by Gasteiger charge is -2.31. The van der Waals surface area contributed by atoms with Crippen LogP contribution in [0.3, 0.4) is 0 Å². The van der Waals surface area contributed by atoms with Crippen LogP contribution in [0.4, 0.5) is 0 Å².